The van der Waals surface area contributed by atoms with Crippen molar-refractivity contribution in [3.63, 3.8) is 0 Å². The van der Waals surface area contributed by atoms with Gasteiger partial charge in [0.05, 0.1) is 5.69 Å². The van der Waals surface area contributed by atoms with Crippen molar-refractivity contribution in [1.82, 2.24) is 0 Å². The van der Waals surface area contributed by atoms with E-state index in [2.05, 4.69) is 70.2 Å². The largest absolute Gasteiger partial charge is 0.474 e. The van der Waals surface area contributed by atoms with Gasteiger partial charge >= 0.3 is 0 Å². The molecule has 1 aliphatic heterocycles. The molecular formula is C28H30N2O. The first-order valence-electron chi connectivity index (χ1n) is 11.1. The predicted octanol–water partition coefficient (Wildman–Crippen LogP) is 7.22. The molecule has 0 amide bonds. The van der Waals surface area contributed by atoms with Crippen LogP contribution in [0.1, 0.15) is 67.8 Å². The zero-order valence-corrected chi connectivity index (χ0v) is 18.7. The van der Waals surface area contributed by atoms with E-state index in [0.717, 1.165) is 22.5 Å². The summed E-state index contributed by atoms with van der Waals surface area (Å²) >= 11 is 0. The number of hydrogen-bond donors (Lipinski definition) is 0. The summed E-state index contributed by atoms with van der Waals surface area (Å²) in [6.07, 6.45) is 0. The Morgan fingerprint density at radius 1 is 0.806 bits per heavy atom. The van der Waals surface area contributed by atoms with Gasteiger partial charge in [-0.3, -0.25) is 0 Å². The lowest BCUT2D eigenvalue weighted by atomic mass is 9.92. The Bertz CT molecular complexity index is 1060. The third-order valence-electron chi connectivity index (χ3n) is 5.65. The third kappa shape index (κ3) is 4.61. The fourth-order valence-electron chi connectivity index (χ4n) is 3.93. The van der Waals surface area contributed by atoms with Gasteiger partial charge in [0.2, 0.25) is 5.90 Å². The van der Waals surface area contributed by atoms with Crippen LogP contribution in [0.4, 0.5) is 5.69 Å². The van der Waals surface area contributed by atoms with Crippen molar-refractivity contribution >= 4 is 17.3 Å². The average molecular weight is 411 g/mol. The molecular weight excluding hydrogens is 380 g/mol. The van der Waals surface area contributed by atoms with Gasteiger partial charge in [0, 0.05) is 5.56 Å². The van der Waals surface area contributed by atoms with Gasteiger partial charge in [0.15, 0.2) is 0 Å². The maximum Gasteiger partial charge on any atom is 0.236 e. The van der Waals surface area contributed by atoms with Gasteiger partial charge in [0.1, 0.15) is 18.4 Å². The van der Waals surface area contributed by atoms with E-state index in [-0.39, 0.29) is 6.04 Å². The molecule has 0 aromatic heterocycles. The molecule has 1 aliphatic rings. The Hall–Kier alpha value is -3.20. The molecule has 0 fully saturated rings. The van der Waals surface area contributed by atoms with E-state index in [1.54, 1.807) is 0 Å². The van der Waals surface area contributed by atoms with E-state index in [0.29, 0.717) is 24.3 Å². The summed E-state index contributed by atoms with van der Waals surface area (Å²) in [5.41, 5.74) is 6.52. The third-order valence-corrected chi connectivity index (χ3v) is 5.65. The summed E-state index contributed by atoms with van der Waals surface area (Å²) < 4.78 is 6.13. The van der Waals surface area contributed by atoms with Crippen LogP contribution < -0.4 is 0 Å². The van der Waals surface area contributed by atoms with Crippen molar-refractivity contribution < 1.29 is 4.74 Å². The SMILES string of the molecule is CC(C)c1cccc(C(C)C)c1/N=C(/C1=N[C@@H](c2ccccc2)CO1)c1ccccc1. The minimum Gasteiger partial charge on any atom is -0.474 e. The molecule has 3 nitrogen and oxygen atoms in total. The second kappa shape index (κ2) is 9.30. The molecule has 0 radical (unpaired) electrons. The van der Waals surface area contributed by atoms with E-state index in [9.17, 15) is 0 Å². The first kappa shape index (κ1) is 21.0. The van der Waals surface area contributed by atoms with Crippen molar-refractivity contribution in [3.05, 3.63) is 101 Å². The van der Waals surface area contributed by atoms with Crippen LogP contribution >= 0.6 is 0 Å². The van der Waals surface area contributed by atoms with E-state index in [1.807, 2.05) is 36.4 Å². The molecule has 0 saturated carbocycles. The van der Waals surface area contributed by atoms with Gasteiger partial charge in [-0.1, -0.05) is 107 Å². The molecule has 0 spiro atoms. The van der Waals surface area contributed by atoms with Crippen LogP contribution in [-0.2, 0) is 4.74 Å². The van der Waals surface area contributed by atoms with Gasteiger partial charge in [-0.2, -0.15) is 0 Å². The molecule has 0 N–H and O–H groups in total. The summed E-state index contributed by atoms with van der Waals surface area (Å²) in [4.78, 5) is 10.2. The molecule has 158 valence electrons. The lowest BCUT2D eigenvalue weighted by molar-refractivity contribution is 0.323. The number of nitrogens with zero attached hydrogens (tertiary/aromatic N) is 2. The zero-order valence-electron chi connectivity index (χ0n) is 18.7. The summed E-state index contributed by atoms with van der Waals surface area (Å²) in [6.45, 7) is 9.41. The Kier molecular flexibility index (Phi) is 6.31. The maximum absolute atomic E-state index is 6.13. The number of benzene rings is 3. The monoisotopic (exact) mass is 410 g/mol. The van der Waals surface area contributed by atoms with Crippen LogP contribution in [0, 0.1) is 0 Å². The molecule has 0 bridgehead atoms. The molecule has 3 heteroatoms. The van der Waals surface area contributed by atoms with E-state index in [1.165, 1.54) is 11.1 Å². The smallest absolute Gasteiger partial charge is 0.236 e. The maximum atomic E-state index is 6.13. The normalized spacial score (nSPS) is 16.5. The number of ether oxygens (including phenoxy) is 1. The standard InChI is InChI=1S/C28H30N2O/c1-19(2)23-16-11-17-24(20(3)4)27(23)30-26(22-14-9-6-10-15-22)28-29-25(18-31-28)21-12-7-5-8-13-21/h5-17,19-20,25H,18H2,1-4H3/b30-26+/t25-/m1/s1. The lowest BCUT2D eigenvalue weighted by Gasteiger charge is -2.18. The van der Waals surface area contributed by atoms with Gasteiger partial charge in [-0.25, -0.2) is 9.98 Å². The fourth-order valence-corrected chi connectivity index (χ4v) is 3.93. The quantitative estimate of drug-likeness (QED) is 0.395. The molecule has 0 unspecified atom stereocenters. The summed E-state index contributed by atoms with van der Waals surface area (Å²) in [5.74, 6) is 1.37. The minimum absolute atomic E-state index is 0.00461. The second-order valence-corrected chi connectivity index (χ2v) is 8.59. The number of aliphatic imine (C=N–C) groups is 2. The second-order valence-electron chi connectivity index (χ2n) is 8.59. The molecule has 0 aliphatic carbocycles. The minimum atomic E-state index is -0.00461. The van der Waals surface area contributed by atoms with Gasteiger partial charge in [-0.05, 0) is 28.5 Å². The van der Waals surface area contributed by atoms with E-state index < -0.39 is 0 Å². The molecule has 3 aromatic rings. The highest BCUT2D eigenvalue weighted by Gasteiger charge is 2.26. The fraction of sp³-hybridized carbons (Fsp3) is 0.286. The molecule has 1 atom stereocenters. The van der Waals surface area contributed by atoms with Crippen LogP contribution in [-0.4, -0.2) is 18.2 Å². The number of para-hydroxylation sites is 1. The van der Waals surface area contributed by atoms with Crippen LogP contribution in [0.15, 0.2) is 88.8 Å². The van der Waals surface area contributed by atoms with Crippen molar-refractivity contribution in [2.45, 2.75) is 45.6 Å². The Balaban J connectivity index is 1.86. The Morgan fingerprint density at radius 3 is 1.97 bits per heavy atom. The highest BCUT2D eigenvalue weighted by Crippen LogP contribution is 2.36. The van der Waals surface area contributed by atoms with Gasteiger partial charge in [-0.15, -0.1) is 0 Å². The van der Waals surface area contributed by atoms with Gasteiger partial charge < -0.3 is 4.74 Å². The van der Waals surface area contributed by atoms with Crippen LogP contribution in [0.3, 0.4) is 0 Å². The summed E-state index contributed by atoms with van der Waals surface area (Å²) in [7, 11) is 0. The van der Waals surface area contributed by atoms with Crippen molar-refractivity contribution in [1.29, 1.82) is 0 Å². The van der Waals surface area contributed by atoms with Crippen LogP contribution in [0.2, 0.25) is 0 Å². The average Bonchev–Trinajstić information content (AvgIpc) is 3.28. The summed E-state index contributed by atoms with van der Waals surface area (Å²) in [6, 6.07) is 27.1. The Labute approximate surface area is 185 Å². The highest BCUT2D eigenvalue weighted by molar-refractivity contribution is 6.46. The Morgan fingerprint density at radius 2 is 1.39 bits per heavy atom. The predicted molar refractivity (Wildman–Crippen MR) is 130 cm³/mol. The number of rotatable bonds is 6. The first-order valence-corrected chi connectivity index (χ1v) is 11.1. The van der Waals surface area contributed by atoms with Crippen molar-refractivity contribution in [2.75, 3.05) is 6.61 Å². The highest BCUT2D eigenvalue weighted by atomic mass is 16.5. The van der Waals surface area contributed by atoms with Crippen molar-refractivity contribution in [3.8, 4) is 0 Å². The molecule has 31 heavy (non-hydrogen) atoms. The summed E-state index contributed by atoms with van der Waals surface area (Å²) in [5, 5.41) is 0. The molecule has 4 rings (SSSR count). The van der Waals surface area contributed by atoms with E-state index >= 15 is 0 Å². The zero-order chi connectivity index (χ0) is 21.8. The van der Waals surface area contributed by atoms with Crippen LogP contribution in [0.25, 0.3) is 0 Å². The lowest BCUT2D eigenvalue weighted by Crippen LogP contribution is -2.16. The number of hydrogen-bond acceptors (Lipinski definition) is 3. The molecule has 3 aromatic carbocycles. The van der Waals surface area contributed by atoms with Crippen molar-refractivity contribution in [2.24, 2.45) is 9.98 Å². The molecule has 1 heterocycles. The first-order chi connectivity index (χ1) is 15.0. The van der Waals surface area contributed by atoms with E-state index in [4.69, 9.17) is 14.7 Å². The van der Waals surface area contributed by atoms with Gasteiger partial charge in [0.25, 0.3) is 0 Å². The topological polar surface area (TPSA) is 34.0 Å². The van der Waals surface area contributed by atoms with Crippen LogP contribution in [0.5, 0.6) is 0 Å². The molecule has 0 saturated heterocycles.